The Morgan fingerprint density at radius 3 is 2.70 bits per heavy atom. The molecule has 0 heterocycles. The van der Waals surface area contributed by atoms with Crippen LogP contribution < -0.4 is 0 Å². The largest absolute Gasteiger partial charge is 0.508 e. The molecular weight excluding hydrogens is 252 g/mol. The van der Waals surface area contributed by atoms with E-state index >= 15 is 0 Å². The molecule has 1 spiro atoms. The van der Waals surface area contributed by atoms with Crippen LogP contribution in [-0.2, 0) is 9.53 Å². The zero-order chi connectivity index (χ0) is 13.9. The van der Waals surface area contributed by atoms with Gasteiger partial charge in [0.05, 0.1) is 7.11 Å². The highest BCUT2D eigenvalue weighted by atomic mass is 16.5. The molecule has 5 unspecified atom stereocenters. The second-order valence-electron chi connectivity index (χ2n) is 6.89. The molecule has 5 rings (SSSR count). The molecule has 5 atom stereocenters. The van der Waals surface area contributed by atoms with Crippen molar-refractivity contribution >= 4 is 5.97 Å². The van der Waals surface area contributed by atoms with Gasteiger partial charge in [-0.3, -0.25) is 4.79 Å². The summed E-state index contributed by atoms with van der Waals surface area (Å²) in [6, 6.07) is 7.55. The minimum Gasteiger partial charge on any atom is -0.508 e. The van der Waals surface area contributed by atoms with Gasteiger partial charge in [-0.1, -0.05) is 12.1 Å². The van der Waals surface area contributed by atoms with Crippen LogP contribution in [0.15, 0.2) is 24.3 Å². The van der Waals surface area contributed by atoms with Crippen LogP contribution in [0.5, 0.6) is 5.75 Å². The predicted octanol–water partition coefficient (Wildman–Crippen LogP) is 3.09. The van der Waals surface area contributed by atoms with Crippen molar-refractivity contribution < 1.29 is 14.6 Å². The molecule has 4 aliphatic carbocycles. The first-order valence-electron chi connectivity index (χ1n) is 7.49. The fourth-order valence-electron chi connectivity index (χ4n) is 4.98. The topological polar surface area (TPSA) is 46.5 Å². The quantitative estimate of drug-likeness (QED) is 0.860. The fourth-order valence-corrected chi connectivity index (χ4v) is 4.98. The van der Waals surface area contributed by atoms with Crippen LogP contribution in [0.2, 0.25) is 0 Å². The number of aromatic hydroxyl groups is 1. The number of hydrogen-bond donors (Lipinski definition) is 1. The number of benzene rings is 1. The summed E-state index contributed by atoms with van der Waals surface area (Å²) < 4.78 is 4.89. The standard InChI is InChI=1S/C17H20O3/c1-20-16(19)6-12-13(10-2-4-11(18)5-3-10)7-17-8-14(12)15(17)9-17/h2-5,12-15,18H,6-9H2,1H3. The summed E-state index contributed by atoms with van der Waals surface area (Å²) in [5.41, 5.74) is 1.88. The molecule has 106 valence electrons. The molecular formula is C17H20O3. The highest BCUT2D eigenvalue weighted by Crippen LogP contribution is 2.80. The van der Waals surface area contributed by atoms with Crippen LogP contribution in [-0.4, -0.2) is 18.2 Å². The summed E-state index contributed by atoms with van der Waals surface area (Å²) in [4.78, 5) is 11.7. The van der Waals surface area contributed by atoms with Crippen molar-refractivity contribution in [3.8, 4) is 5.75 Å². The van der Waals surface area contributed by atoms with Gasteiger partial charge in [0.15, 0.2) is 0 Å². The predicted molar refractivity (Wildman–Crippen MR) is 74.2 cm³/mol. The minimum atomic E-state index is -0.0844. The third-order valence-corrected chi connectivity index (χ3v) is 6.06. The van der Waals surface area contributed by atoms with Crippen molar-refractivity contribution in [1.29, 1.82) is 0 Å². The van der Waals surface area contributed by atoms with Gasteiger partial charge in [0.2, 0.25) is 0 Å². The summed E-state index contributed by atoms with van der Waals surface area (Å²) in [5.74, 6) is 2.68. The Kier molecular flexibility index (Phi) is 2.45. The van der Waals surface area contributed by atoms with Crippen LogP contribution in [0.3, 0.4) is 0 Å². The lowest BCUT2D eigenvalue weighted by molar-refractivity contribution is -0.144. The lowest BCUT2D eigenvalue weighted by Gasteiger charge is -2.51. The number of carbonyl (C=O) groups excluding carboxylic acids is 1. The van der Waals surface area contributed by atoms with Crippen LogP contribution >= 0.6 is 0 Å². The van der Waals surface area contributed by atoms with Gasteiger partial charge in [-0.15, -0.1) is 0 Å². The Bertz CT molecular complexity index is 550. The van der Waals surface area contributed by atoms with Gasteiger partial charge >= 0.3 is 5.97 Å². The molecule has 3 heteroatoms. The summed E-state index contributed by atoms with van der Waals surface area (Å²) in [6.45, 7) is 0. The highest BCUT2D eigenvalue weighted by molar-refractivity contribution is 5.70. The zero-order valence-corrected chi connectivity index (χ0v) is 11.7. The Hall–Kier alpha value is -1.51. The molecule has 0 aromatic heterocycles. The second-order valence-corrected chi connectivity index (χ2v) is 6.89. The Morgan fingerprint density at radius 1 is 1.30 bits per heavy atom. The molecule has 3 nitrogen and oxygen atoms in total. The molecule has 1 aromatic rings. The van der Waals surface area contributed by atoms with E-state index in [9.17, 15) is 9.90 Å². The summed E-state index contributed by atoms with van der Waals surface area (Å²) in [7, 11) is 1.48. The lowest BCUT2D eigenvalue weighted by atomic mass is 9.53. The van der Waals surface area contributed by atoms with Gasteiger partial charge < -0.3 is 9.84 Å². The van der Waals surface area contributed by atoms with Crippen molar-refractivity contribution in [1.82, 2.24) is 0 Å². The molecule has 2 bridgehead atoms. The monoisotopic (exact) mass is 272 g/mol. The van der Waals surface area contributed by atoms with Gasteiger partial charge in [-0.05, 0) is 66.0 Å². The Labute approximate surface area is 118 Å². The van der Waals surface area contributed by atoms with Crippen molar-refractivity contribution in [3.05, 3.63) is 29.8 Å². The van der Waals surface area contributed by atoms with E-state index in [1.807, 2.05) is 12.1 Å². The lowest BCUT2D eigenvalue weighted by Crippen LogP contribution is -2.43. The molecule has 20 heavy (non-hydrogen) atoms. The fraction of sp³-hybridized carbons (Fsp3) is 0.588. The first-order valence-corrected chi connectivity index (χ1v) is 7.49. The number of phenolic OH excluding ortho intramolecular Hbond substituents is 1. The third kappa shape index (κ3) is 1.62. The molecule has 1 N–H and O–H groups in total. The minimum absolute atomic E-state index is 0.0844. The van der Waals surface area contributed by atoms with E-state index in [0.29, 0.717) is 35.3 Å². The summed E-state index contributed by atoms with van der Waals surface area (Å²) in [6.07, 6.45) is 4.43. The van der Waals surface area contributed by atoms with E-state index < -0.39 is 0 Å². The van der Waals surface area contributed by atoms with E-state index in [1.54, 1.807) is 12.1 Å². The Balaban J connectivity index is 1.62. The first-order chi connectivity index (χ1) is 9.63. The number of rotatable bonds is 3. The van der Waals surface area contributed by atoms with E-state index in [0.717, 1.165) is 5.92 Å². The number of hydrogen-bond acceptors (Lipinski definition) is 3. The molecule has 0 amide bonds. The number of phenols is 1. The van der Waals surface area contributed by atoms with Crippen LogP contribution in [0.4, 0.5) is 0 Å². The zero-order valence-electron chi connectivity index (χ0n) is 11.7. The number of fused-ring (bicyclic) bond motifs is 2. The second kappa shape index (κ2) is 4.00. The molecule has 0 aliphatic heterocycles. The van der Waals surface area contributed by atoms with E-state index in [-0.39, 0.29) is 5.97 Å². The van der Waals surface area contributed by atoms with Crippen molar-refractivity contribution in [2.45, 2.75) is 31.6 Å². The van der Waals surface area contributed by atoms with Gasteiger partial charge in [-0.25, -0.2) is 0 Å². The van der Waals surface area contributed by atoms with Gasteiger partial charge in [0.25, 0.3) is 0 Å². The molecule has 1 aromatic carbocycles. The molecule has 0 saturated heterocycles. The normalized spacial score (nSPS) is 40.5. The van der Waals surface area contributed by atoms with E-state index in [4.69, 9.17) is 4.74 Å². The van der Waals surface area contributed by atoms with Crippen LogP contribution in [0.25, 0.3) is 0 Å². The summed E-state index contributed by atoms with van der Waals surface area (Å²) in [5, 5.41) is 9.45. The van der Waals surface area contributed by atoms with Gasteiger partial charge in [0, 0.05) is 6.42 Å². The number of ether oxygens (including phenoxy) is 1. The average molecular weight is 272 g/mol. The van der Waals surface area contributed by atoms with Crippen molar-refractivity contribution in [2.24, 2.45) is 23.2 Å². The van der Waals surface area contributed by atoms with Crippen molar-refractivity contribution in [3.63, 3.8) is 0 Å². The maximum absolute atomic E-state index is 11.7. The van der Waals surface area contributed by atoms with E-state index in [2.05, 4.69) is 0 Å². The van der Waals surface area contributed by atoms with Crippen LogP contribution in [0.1, 0.15) is 37.2 Å². The molecule has 0 radical (unpaired) electrons. The SMILES string of the molecule is COC(=O)CC1C(c2ccc(O)cc2)CC23CC1C2C3. The third-order valence-electron chi connectivity index (χ3n) is 6.06. The van der Waals surface area contributed by atoms with E-state index in [1.165, 1.54) is 31.9 Å². The smallest absolute Gasteiger partial charge is 0.305 e. The number of methoxy groups -OCH3 is 1. The molecule has 4 saturated carbocycles. The van der Waals surface area contributed by atoms with Gasteiger partial charge in [-0.2, -0.15) is 0 Å². The molecule has 4 aliphatic rings. The number of esters is 1. The van der Waals surface area contributed by atoms with Crippen LogP contribution in [0, 0.1) is 23.2 Å². The summed E-state index contributed by atoms with van der Waals surface area (Å²) >= 11 is 0. The Morgan fingerprint density at radius 2 is 2.05 bits per heavy atom. The first kappa shape index (κ1) is 12.2. The number of carbonyl (C=O) groups is 1. The van der Waals surface area contributed by atoms with Crippen molar-refractivity contribution in [2.75, 3.05) is 7.11 Å². The maximum Gasteiger partial charge on any atom is 0.305 e. The highest BCUT2D eigenvalue weighted by Gasteiger charge is 2.72. The molecule has 4 fully saturated rings. The maximum atomic E-state index is 11.7. The van der Waals surface area contributed by atoms with Gasteiger partial charge in [0.1, 0.15) is 5.75 Å². The average Bonchev–Trinajstić information content (AvgIpc) is 3.04.